The van der Waals surface area contributed by atoms with E-state index >= 15 is 0 Å². The molecule has 108 valence electrons. The molecular formula is C14H23ClNO3+. The molecule has 0 unspecified atom stereocenters. The minimum atomic E-state index is -0.879. The minimum absolute atomic E-state index is 0. The molecule has 1 N–H and O–H groups in total. The van der Waals surface area contributed by atoms with E-state index in [1.807, 2.05) is 0 Å². The SMILES string of the molecule is CC(C)N(C)CCCOCl.O=C(O)c1ccccc1.[H+]. The summed E-state index contributed by atoms with van der Waals surface area (Å²) in [6.07, 6.45) is 0.998. The number of halogens is 1. The van der Waals surface area contributed by atoms with Gasteiger partial charge < -0.3 is 10.0 Å². The molecule has 0 fully saturated rings. The van der Waals surface area contributed by atoms with E-state index in [2.05, 4.69) is 30.1 Å². The number of hydrogen-bond acceptors (Lipinski definition) is 3. The van der Waals surface area contributed by atoms with Gasteiger partial charge in [-0.1, -0.05) is 18.2 Å². The summed E-state index contributed by atoms with van der Waals surface area (Å²) in [6.45, 7) is 6.02. The van der Waals surface area contributed by atoms with Crippen molar-refractivity contribution in [2.24, 2.45) is 0 Å². The molecule has 5 heteroatoms. The summed E-state index contributed by atoms with van der Waals surface area (Å²) in [6, 6.07) is 8.90. The lowest BCUT2D eigenvalue weighted by atomic mass is 10.2. The van der Waals surface area contributed by atoms with Gasteiger partial charge in [0, 0.05) is 12.6 Å². The molecule has 0 aromatic heterocycles. The standard InChI is InChI=1S/C7H16ClNO.C7H6O2/c1-7(2)9(3)5-4-6-10-8;8-7(9)6-4-2-1-3-5-6/h7H,4-6H2,1-3H3;1-5H,(H,8,9)/p+1. The van der Waals surface area contributed by atoms with E-state index in [9.17, 15) is 4.79 Å². The quantitative estimate of drug-likeness (QED) is 0.815. The van der Waals surface area contributed by atoms with Gasteiger partial charge in [-0.15, -0.1) is 0 Å². The van der Waals surface area contributed by atoms with Crippen LogP contribution in [0.15, 0.2) is 30.3 Å². The molecule has 0 aliphatic rings. The second-order valence-corrected chi connectivity index (χ2v) is 4.63. The van der Waals surface area contributed by atoms with E-state index in [0.29, 0.717) is 18.2 Å². The fraction of sp³-hybridized carbons (Fsp3) is 0.500. The first-order chi connectivity index (χ1) is 8.99. The van der Waals surface area contributed by atoms with Gasteiger partial charge >= 0.3 is 7.40 Å². The molecule has 0 aliphatic heterocycles. The zero-order valence-corrected chi connectivity index (χ0v) is 12.4. The van der Waals surface area contributed by atoms with Crippen molar-refractivity contribution in [3.63, 3.8) is 0 Å². The van der Waals surface area contributed by atoms with Gasteiger partial charge in [-0.05, 0) is 39.4 Å². The predicted molar refractivity (Wildman–Crippen MR) is 78.7 cm³/mol. The fourth-order valence-electron chi connectivity index (χ4n) is 1.21. The topological polar surface area (TPSA) is 49.8 Å². The van der Waals surface area contributed by atoms with Gasteiger partial charge in [0.15, 0.2) is 0 Å². The van der Waals surface area contributed by atoms with Crippen LogP contribution in [0.3, 0.4) is 0 Å². The predicted octanol–water partition coefficient (Wildman–Crippen LogP) is 3.38. The second kappa shape index (κ2) is 10.8. The van der Waals surface area contributed by atoms with E-state index in [1.54, 1.807) is 30.3 Å². The molecule has 0 amide bonds. The molecule has 0 saturated heterocycles. The molecule has 0 atom stereocenters. The van der Waals surface area contributed by atoms with Crippen molar-refractivity contribution in [2.45, 2.75) is 26.3 Å². The third-order valence-electron chi connectivity index (χ3n) is 2.63. The number of benzene rings is 1. The first-order valence-electron chi connectivity index (χ1n) is 6.21. The Morgan fingerprint density at radius 1 is 1.42 bits per heavy atom. The van der Waals surface area contributed by atoms with Crippen LogP contribution in [0, 0.1) is 0 Å². The zero-order chi connectivity index (χ0) is 14.7. The van der Waals surface area contributed by atoms with E-state index in [4.69, 9.17) is 17.0 Å². The summed E-state index contributed by atoms with van der Waals surface area (Å²) >= 11 is 5.05. The Hall–Kier alpha value is -1.10. The van der Waals surface area contributed by atoms with Gasteiger partial charge in [-0.2, -0.15) is 0 Å². The first kappa shape index (κ1) is 17.9. The summed E-state index contributed by atoms with van der Waals surface area (Å²) in [5.41, 5.74) is 0.331. The average Bonchev–Trinajstić information content (AvgIpc) is 2.40. The normalized spacial score (nSPS) is 10.2. The molecule has 19 heavy (non-hydrogen) atoms. The van der Waals surface area contributed by atoms with Crippen molar-refractivity contribution in [1.29, 1.82) is 0 Å². The zero-order valence-electron chi connectivity index (χ0n) is 12.7. The van der Waals surface area contributed by atoms with Crippen molar-refractivity contribution in [1.82, 2.24) is 4.90 Å². The number of carbonyl (C=O) groups is 1. The van der Waals surface area contributed by atoms with Gasteiger partial charge in [0.05, 0.1) is 24.0 Å². The highest BCUT2D eigenvalue weighted by Gasteiger charge is 2.00. The van der Waals surface area contributed by atoms with Crippen LogP contribution >= 0.6 is 11.9 Å². The Morgan fingerprint density at radius 3 is 2.37 bits per heavy atom. The van der Waals surface area contributed by atoms with Gasteiger partial charge in [-0.3, -0.25) is 4.29 Å². The van der Waals surface area contributed by atoms with Crippen LogP contribution in [-0.2, 0) is 4.29 Å². The molecule has 0 radical (unpaired) electrons. The number of carboxylic acids is 1. The number of aromatic carboxylic acids is 1. The monoisotopic (exact) mass is 288 g/mol. The number of rotatable bonds is 6. The number of carboxylic acid groups (broad SMARTS) is 1. The highest BCUT2D eigenvalue weighted by Crippen LogP contribution is 1.96. The Kier molecular flexibility index (Phi) is 10.2. The highest BCUT2D eigenvalue weighted by atomic mass is 35.5. The fourth-order valence-corrected chi connectivity index (χ4v) is 1.32. The summed E-state index contributed by atoms with van der Waals surface area (Å²) in [7, 11) is 2.10. The van der Waals surface area contributed by atoms with Crippen LogP contribution in [0.25, 0.3) is 0 Å². The third-order valence-corrected chi connectivity index (χ3v) is 2.79. The maximum absolute atomic E-state index is 10.2. The van der Waals surface area contributed by atoms with Crippen LogP contribution in [0.5, 0.6) is 0 Å². The van der Waals surface area contributed by atoms with Gasteiger partial charge in [0.25, 0.3) is 0 Å². The van der Waals surface area contributed by atoms with Crippen LogP contribution in [0.4, 0.5) is 0 Å². The lowest BCUT2D eigenvalue weighted by molar-refractivity contribution is 0.0697. The summed E-state index contributed by atoms with van der Waals surface area (Å²) in [4.78, 5) is 12.5. The van der Waals surface area contributed by atoms with E-state index in [-0.39, 0.29) is 1.43 Å². The molecule has 1 aromatic carbocycles. The highest BCUT2D eigenvalue weighted by molar-refractivity contribution is 6.07. The van der Waals surface area contributed by atoms with Gasteiger partial charge in [0.1, 0.15) is 0 Å². The molecule has 0 spiro atoms. The van der Waals surface area contributed by atoms with Gasteiger partial charge in [-0.25, -0.2) is 4.79 Å². The van der Waals surface area contributed by atoms with E-state index in [1.165, 1.54) is 0 Å². The molecule has 0 bridgehead atoms. The average molecular weight is 289 g/mol. The second-order valence-electron chi connectivity index (χ2n) is 4.41. The van der Waals surface area contributed by atoms with Crippen LogP contribution in [-0.4, -0.2) is 42.2 Å². The van der Waals surface area contributed by atoms with Crippen LogP contribution < -0.4 is 0 Å². The maximum Gasteiger partial charge on any atom is 1.00 e. The lowest BCUT2D eigenvalue weighted by Gasteiger charge is -2.19. The third kappa shape index (κ3) is 9.47. The van der Waals surface area contributed by atoms with Crippen LogP contribution in [0.2, 0.25) is 0 Å². The maximum atomic E-state index is 10.2. The van der Waals surface area contributed by atoms with Crippen molar-refractivity contribution in [2.75, 3.05) is 20.2 Å². The minimum Gasteiger partial charge on any atom is -0.478 e. The van der Waals surface area contributed by atoms with Crippen LogP contribution in [0.1, 0.15) is 32.1 Å². The van der Waals surface area contributed by atoms with Crippen molar-refractivity contribution >= 4 is 17.8 Å². The van der Waals surface area contributed by atoms with Gasteiger partial charge in [0.2, 0.25) is 0 Å². The Morgan fingerprint density at radius 2 is 2.00 bits per heavy atom. The largest absolute Gasteiger partial charge is 1.00 e. The molecule has 0 saturated carbocycles. The first-order valence-corrected chi connectivity index (χ1v) is 6.52. The Labute approximate surface area is 121 Å². The summed E-state index contributed by atoms with van der Waals surface area (Å²) < 4.78 is 4.42. The summed E-state index contributed by atoms with van der Waals surface area (Å²) in [5, 5.41) is 8.38. The Bertz CT molecular complexity index is 350. The Balaban J connectivity index is 0. The molecule has 1 aromatic rings. The smallest absolute Gasteiger partial charge is 0.478 e. The van der Waals surface area contributed by atoms with Crippen molar-refractivity contribution < 1.29 is 15.6 Å². The molecule has 4 nitrogen and oxygen atoms in total. The van der Waals surface area contributed by atoms with E-state index in [0.717, 1.165) is 13.0 Å². The molecular weight excluding hydrogens is 266 g/mol. The number of hydrogen-bond donors (Lipinski definition) is 1. The number of nitrogens with zero attached hydrogens (tertiary/aromatic N) is 1. The lowest BCUT2D eigenvalue weighted by Crippen LogP contribution is -2.27. The summed E-state index contributed by atoms with van der Waals surface area (Å²) in [5.74, 6) is -0.879. The van der Waals surface area contributed by atoms with E-state index < -0.39 is 5.97 Å². The molecule has 0 heterocycles. The molecule has 0 aliphatic carbocycles. The molecule has 1 rings (SSSR count). The van der Waals surface area contributed by atoms with Crippen molar-refractivity contribution in [3.8, 4) is 0 Å². The van der Waals surface area contributed by atoms with Crippen molar-refractivity contribution in [3.05, 3.63) is 35.9 Å².